The molecular weight excluding hydrogens is 462 g/mol. The Morgan fingerprint density at radius 3 is 1.92 bits per heavy atom. The van der Waals surface area contributed by atoms with Crippen molar-refractivity contribution in [1.29, 1.82) is 0 Å². The standard InChI is InChI=1S/C28H27NO7/c1-33-20-10-5-17(6-11-20)16-29-25(19-9-14-22(35-3)23(15-19)36-4)24(27(31)28(29)32)26(30)18-7-12-21(34-2)13-8-18/h5-15,25,30H,16H2,1-4H3/b26-24-. The van der Waals surface area contributed by atoms with E-state index in [0.29, 0.717) is 34.1 Å². The lowest BCUT2D eigenvalue weighted by atomic mass is 9.94. The third-order valence-corrected chi connectivity index (χ3v) is 6.14. The van der Waals surface area contributed by atoms with Crippen molar-refractivity contribution in [3.05, 3.63) is 89.0 Å². The fourth-order valence-electron chi connectivity index (χ4n) is 4.24. The van der Waals surface area contributed by atoms with E-state index in [9.17, 15) is 14.7 Å². The van der Waals surface area contributed by atoms with Gasteiger partial charge in [-0.15, -0.1) is 0 Å². The maximum Gasteiger partial charge on any atom is 0.295 e. The number of Topliss-reactive ketones (excluding diaryl/α,β-unsaturated/α-hetero) is 1. The van der Waals surface area contributed by atoms with Crippen LogP contribution in [0.15, 0.2) is 72.3 Å². The molecule has 0 aliphatic carbocycles. The molecule has 1 unspecified atom stereocenters. The lowest BCUT2D eigenvalue weighted by Gasteiger charge is -2.26. The first-order valence-electron chi connectivity index (χ1n) is 11.2. The van der Waals surface area contributed by atoms with Crippen LogP contribution in [0.3, 0.4) is 0 Å². The summed E-state index contributed by atoms with van der Waals surface area (Å²) < 4.78 is 21.2. The predicted molar refractivity (Wildman–Crippen MR) is 133 cm³/mol. The van der Waals surface area contributed by atoms with Gasteiger partial charge < -0.3 is 29.0 Å². The molecule has 1 N–H and O–H groups in total. The van der Waals surface area contributed by atoms with Crippen molar-refractivity contribution >= 4 is 17.4 Å². The molecule has 1 aliphatic heterocycles. The van der Waals surface area contributed by atoms with Crippen LogP contribution in [0, 0.1) is 0 Å². The van der Waals surface area contributed by atoms with Crippen LogP contribution in [0.4, 0.5) is 0 Å². The fourth-order valence-corrected chi connectivity index (χ4v) is 4.24. The zero-order valence-electron chi connectivity index (χ0n) is 20.5. The first-order valence-corrected chi connectivity index (χ1v) is 11.2. The van der Waals surface area contributed by atoms with E-state index in [1.54, 1.807) is 61.7 Å². The lowest BCUT2D eigenvalue weighted by molar-refractivity contribution is -0.140. The van der Waals surface area contributed by atoms with Crippen LogP contribution in [0.5, 0.6) is 23.0 Å². The second-order valence-corrected chi connectivity index (χ2v) is 8.12. The Hall–Kier alpha value is -4.46. The molecule has 0 aromatic heterocycles. The van der Waals surface area contributed by atoms with Crippen molar-refractivity contribution in [3.8, 4) is 23.0 Å². The molecule has 0 bridgehead atoms. The number of nitrogens with zero attached hydrogens (tertiary/aromatic N) is 1. The lowest BCUT2D eigenvalue weighted by Crippen LogP contribution is -2.29. The number of amides is 1. The minimum absolute atomic E-state index is 0.00843. The van der Waals surface area contributed by atoms with Gasteiger partial charge in [-0.3, -0.25) is 9.59 Å². The molecule has 4 rings (SSSR count). The summed E-state index contributed by atoms with van der Waals surface area (Å²) in [4.78, 5) is 28.0. The summed E-state index contributed by atoms with van der Waals surface area (Å²) in [7, 11) is 6.14. The molecule has 36 heavy (non-hydrogen) atoms. The van der Waals surface area contributed by atoms with Gasteiger partial charge in [0.15, 0.2) is 11.5 Å². The Balaban J connectivity index is 1.85. The Kier molecular flexibility index (Phi) is 7.15. The van der Waals surface area contributed by atoms with E-state index < -0.39 is 17.7 Å². The Labute approximate surface area is 209 Å². The number of ketones is 1. The van der Waals surface area contributed by atoms with Gasteiger partial charge in [-0.1, -0.05) is 18.2 Å². The summed E-state index contributed by atoms with van der Waals surface area (Å²) in [5, 5.41) is 11.2. The first kappa shape index (κ1) is 24.7. The minimum Gasteiger partial charge on any atom is -0.507 e. The molecule has 1 saturated heterocycles. The van der Waals surface area contributed by atoms with Crippen molar-refractivity contribution in [2.45, 2.75) is 12.6 Å². The Morgan fingerprint density at radius 1 is 0.778 bits per heavy atom. The van der Waals surface area contributed by atoms with Gasteiger partial charge in [0, 0.05) is 12.1 Å². The fraction of sp³-hybridized carbons (Fsp3) is 0.214. The molecule has 1 atom stereocenters. The Morgan fingerprint density at radius 2 is 1.36 bits per heavy atom. The van der Waals surface area contributed by atoms with Gasteiger partial charge in [0.25, 0.3) is 11.7 Å². The smallest absolute Gasteiger partial charge is 0.295 e. The second-order valence-electron chi connectivity index (χ2n) is 8.12. The molecule has 3 aromatic carbocycles. The summed E-state index contributed by atoms with van der Waals surface area (Å²) in [6.45, 7) is 0.146. The molecule has 1 amide bonds. The molecule has 1 aliphatic rings. The molecule has 0 spiro atoms. The number of hydrogen-bond donors (Lipinski definition) is 1. The Bertz CT molecular complexity index is 1300. The molecular formula is C28H27NO7. The number of ether oxygens (including phenoxy) is 4. The van der Waals surface area contributed by atoms with Gasteiger partial charge in [0.05, 0.1) is 40.1 Å². The molecule has 0 radical (unpaired) electrons. The van der Waals surface area contributed by atoms with Crippen LogP contribution < -0.4 is 18.9 Å². The number of carbonyl (C=O) groups excluding carboxylic acids is 2. The highest BCUT2D eigenvalue weighted by atomic mass is 16.5. The molecule has 186 valence electrons. The van der Waals surface area contributed by atoms with Crippen molar-refractivity contribution in [2.75, 3.05) is 28.4 Å². The zero-order chi connectivity index (χ0) is 25.8. The summed E-state index contributed by atoms with van der Waals surface area (Å²) in [5.74, 6) is 0.475. The average Bonchev–Trinajstić information content (AvgIpc) is 3.17. The number of benzene rings is 3. The van der Waals surface area contributed by atoms with Crippen LogP contribution in [0.1, 0.15) is 22.7 Å². The van der Waals surface area contributed by atoms with Crippen LogP contribution >= 0.6 is 0 Å². The number of hydrogen-bond acceptors (Lipinski definition) is 7. The molecule has 8 heteroatoms. The van der Waals surface area contributed by atoms with Crippen molar-refractivity contribution in [1.82, 2.24) is 4.90 Å². The normalized spacial score (nSPS) is 16.7. The highest BCUT2D eigenvalue weighted by molar-refractivity contribution is 6.46. The van der Waals surface area contributed by atoms with E-state index in [0.717, 1.165) is 5.56 Å². The number of aliphatic hydroxyl groups excluding tert-OH is 1. The topological polar surface area (TPSA) is 94.5 Å². The first-order chi connectivity index (χ1) is 17.4. The van der Waals surface area contributed by atoms with Crippen LogP contribution in [0.25, 0.3) is 5.76 Å². The maximum absolute atomic E-state index is 13.3. The van der Waals surface area contributed by atoms with E-state index in [1.165, 1.54) is 26.2 Å². The van der Waals surface area contributed by atoms with Crippen molar-refractivity contribution in [2.24, 2.45) is 0 Å². The predicted octanol–water partition coefficient (Wildman–Crippen LogP) is 4.34. The van der Waals surface area contributed by atoms with Gasteiger partial charge in [-0.25, -0.2) is 0 Å². The quantitative estimate of drug-likeness (QED) is 0.286. The number of rotatable bonds is 8. The molecule has 1 heterocycles. The van der Waals surface area contributed by atoms with E-state index in [-0.39, 0.29) is 17.9 Å². The average molecular weight is 490 g/mol. The van der Waals surface area contributed by atoms with Crippen molar-refractivity contribution in [3.63, 3.8) is 0 Å². The molecule has 3 aromatic rings. The van der Waals surface area contributed by atoms with Crippen LogP contribution in [0.2, 0.25) is 0 Å². The molecule has 1 fully saturated rings. The highest BCUT2D eigenvalue weighted by Crippen LogP contribution is 2.42. The number of aliphatic hydroxyl groups is 1. The maximum atomic E-state index is 13.3. The summed E-state index contributed by atoms with van der Waals surface area (Å²) >= 11 is 0. The molecule has 0 saturated carbocycles. The van der Waals surface area contributed by atoms with E-state index in [2.05, 4.69) is 0 Å². The number of carbonyl (C=O) groups is 2. The third kappa shape index (κ3) is 4.57. The second kappa shape index (κ2) is 10.4. The number of likely N-dealkylation sites (tertiary alicyclic amines) is 1. The highest BCUT2D eigenvalue weighted by Gasteiger charge is 2.46. The zero-order valence-corrected chi connectivity index (χ0v) is 20.5. The van der Waals surface area contributed by atoms with Crippen LogP contribution in [-0.2, 0) is 16.1 Å². The minimum atomic E-state index is -0.853. The summed E-state index contributed by atoms with van der Waals surface area (Å²) in [6, 6.07) is 18.2. The third-order valence-electron chi connectivity index (χ3n) is 6.14. The van der Waals surface area contributed by atoms with Crippen molar-refractivity contribution < 1.29 is 33.6 Å². The van der Waals surface area contributed by atoms with E-state index in [1.807, 2.05) is 12.1 Å². The summed E-state index contributed by atoms with van der Waals surface area (Å²) in [5.41, 5.74) is 1.78. The SMILES string of the molecule is COc1ccc(CN2C(=O)C(=O)/C(=C(\O)c3ccc(OC)cc3)C2c2ccc(OC)c(OC)c2)cc1. The van der Waals surface area contributed by atoms with Gasteiger partial charge in [0.2, 0.25) is 0 Å². The van der Waals surface area contributed by atoms with Gasteiger partial charge >= 0.3 is 0 Å². The van der Waals surface area contributed by atoms with Gasteiger partial charge in [0.1, 0.15) is 17.3 Å². The van der Waals surface area contributed by atoms with E-state index in [4.69, 9.17) is 18.9 Å². The molecule has 8 nitrogen and oxygen atoms in total. The van der Waals surface area contributed by atoms with Gasteiger partial charge in [-0.05, 0) is 59.7 Å². The van der Waals surface area contributed by atoms with E-state index >= 15 is 0 Å². The number of methoxy groups -OCH3 is 4. The monoisotopic (exact) mass is 489 g/mol. The van der Waals surface area contributed by atoms with Crippen LogP contribution in [-0.4, -0.2) is 50.1 Å². The largest absolute Gasteiger partial charge is 0.507 e. The van der Waals surface area contributed by atoms with Gasteiger partial charge in [-0.2, -0.15) is 0 Å². The summed E-state index contributed by atoms with van der Waals surface area (Å²) in [6.07, 6.45) is 0.